The molecule has 88 valence electrons. The summed E-state index contributed by atoms with van der Waals surface area (Å²) in [4.78, 5) is 0.0809. The number of rotatable bonds is 5. The molecule has 3 N–H and O–H groups in total. The van der Waals surface area contributed by atoms with E-state index in [2.05, 4.69) is 12.2 Å². The minimum Gasteiger partial charge on any atom is -0.389 e. The third kappa shape index (κ3) is 3.35. The molecule has 1 aromatic carbocycles. The van der Waals surface area contributed by atoms with E-state index >= 15 is 0 Å². The summed E-state index contributed by atoms with van der Waals surface area (Å²) in [6, 6.07) is 4.78. The first-order valence-corrected chi connectivity index (χ1v) is 6.61. The fourth-order valence-electron chi connectivity index (χ4n) is 1.26. The highest BCUT2D eigenvalue weighted by molar-refractivity contribution is 7.99. The lowest BCUT2D eigenvalue weighted by Crippen LogP contribution is -2.18. The maximum atomic E-state index is 13.5. The molecule has 0 spiro atoms. The van der Waals surface area contributed by atoms with Crippen molar-refractivity contribution in [2.45, 2.75) is 12.2 Å². The van der Waals surface area contributed by atoms with Crippen LogP contribution >= 0.6 is 24.0 Å². The third-order valence-electron chi connectivity index (χ3n) is 2.24. The lowest BCUT2D eigenvalue weighted by Gasteiger charge is -2.14. The number of anilines is 1. The second kappa shape index (κ2) is 6.06. The summed E-state index contributed by atoms with van der Waals surface area (Å²) in [5.74, 6) is -0.380. The van der Waals surface area contributed by atoms with Gasteiger partial charge in [-0.15, -0.1) is 0 Å². The summed E-state index contributed by atoms with van der Waals surface area (Å²) in [6.07, 6.45) is 2.03. The van der Waals surface area contributed by atoms with Crippen LogP contribution in [-0.2, 0) is 0 Å². The molecule has 0 fully saturated rings. The van der Waals surface area contributed by atoms with Crippen molar-refractivity contribution in [1.82, 2.24) is 0 Å². The van der Waals surface area contributed by atoms with Crippen LogP contribution in [0.15, 0.2) is 18.2 Å². The zero-order chi connectivity index (χ0) is 12.1. The zero-order valence-electron chi connectivity index (χ0n) is 9.29. The van der Waals surface area contributed by atoms with Gasteiger partial charge in [0.2, 0.25) is 0 Å². The van der Waals surface area contributed by atoms with Gasteiger partial charge in [0, 0.05) is 17.5 Å². The molecule has 0 saturated carbocycles. The fourth-order valence-corrected chi connectivity index (χ4v) is 1.72. The van der Waals surface area contributed by atoms with Crippen LogP contribution in [0.1, 0.15) is 12.5 Å². The molecule has 0 saturated heterocycles. The van der Waals surface area contributed by atoms with Gasteiger partial charge in [0.15, 0.2) is 0 Å². The largest absolute Gasteiger partial charge is 0.389 e. The molecule has 0 radical (unpaired) electrons. The Bertz CT molecular complexity index is 382. The van der Waals surface area contributed by atoms with E-state index in [0.717, 1.165) is 6.54 Å². The van der Waals surface area contributed by atoms with E-state index in [1.54, 1.807) is 23.9 Å². The molecule has 0 aliphatic carbocycles. The van der Waals surface area contributed by atoms with Crippen LogP contribution in [0.3, 0.4) is 0 Å². The van der Waals surface area contributed by atoms with Crippen molar-refractivity contribution in [2.75, 3.05) is 18.1 Å². The minimum absolute atomic E-state index is 0.0809. The molecule has 1 unspecified atom stereocenters. The minimum atomic E-state index is -0.380. The number of nitrogens with one attached hydrogen (secondary N) is 1. The lowest BCUT2D eigenvalue weighted by molar-refractivity contribution is 0.626. The van der Waals surface area contributed by atoms with Crippen LogP contribution in [-0.4, -0.2) is 23.0 Å². The first-order chi connectivity index (χ1) is 7.56. The summed E-state index contributed by atoms with van der Waals surface area (Å²) in [6.45, 7) is 2.84. The van der Waals surface area contributed by atoms with Crippen molar-refractivity contribution in [3.63, 3.8) is 0 Å². The van der Waals surface area contributed by atoms with Crippen LogP contribution in [0.2, 0.25) is 0 Å². The van der Waals surface area contributed by atoms with Gasteiger partial charge < -0.3 is 11.1 Å². The first-order valence-electron chi connectivity index (χ1n) is 4.91. The Hall–Kier alpha value is -0.810. The van der Waals surface area contributed by atoms with Gasteiger partial charge >= 0.3 is 0 Å². The molecule has 0 aliphatic rings. The molecule has 5 heteroatoms. The molecule has 0 amide bonds. The molecular weight excluding hydrogens is 243 g/mol. The zero-order valence-corrected chi connectivity index (χ0v) is 10.9. The number of nitrogens with two attached hydrogens (primary N) is 1. The molecule has 0 aliphatic heterocycles. The highest BCUT2D eigenvalue weighted by Crippen LogP contribution is 2.19. The van der Waals surface area contributed by atoms with Crippen molar-refractivity contribution in [3.05, 3.63) is 29.6 Å². The topological polar surface area (TPSA) is 38.0 Å². The van der Waals surface area contributed by atoms with E-state index in [1.165, 1.54) is 6.07 Å². The normalized spacial score (nSPS) is 12.2. The van der Waals surface area contributed by atoms with Crippen molar-refractivity contribution in [2.24, 2.45) is 5.73 Å². The second-order valence-corrected chi connectivity index (χ2v) is 5.17. The van der Waals surface area contributed by atoms with E-state index in [1.807, 2.05) is 6.26 Å². The third-order valence-corrected chi connectivity index (χ3v) is 3.42. The average molecular weight is 258 g/mol. The average Bonchev–Trinajstić information content (AvgIpc) is 2.25. The summed E-state index contributed by atoms with van der Waals surface area (Å²) in [7, 11) is 0. The fraction of sp³-hybridized carbons (Fsp3) is 0.364. The summed E-state index contributed by atoms with van der Waals surface area (Å²) >= 11 is 6.58. The van der Waals surface area contributed by atoms with Crippen molar-refractivity contribution < 1.29 is 4.39 Å². The van der Waals surface area contributed by atoms with Gasteiger partial charge in [-0.2, -0.15) is 11.8 Å². The molecule has 16 heavy (non-hydrogen) atoms. The molecule has 2 nitrogen and oxygen atoms in total. The SMILES string of the molecule is CSC(C)CNc1cccc(F)c1C(N)=S. The monoisotopic (exact) mass is 258 g/mol. The van der Waals surface area contributed by atoms with Crippen LogP contribution < -0.4 is 11.1 Å². The van der Waals surface area contributed by atoms with E-state index < -0.39 is 0 Å². The predicted octanol–water partition coefficient (Wildman–Crippen LogP) is 2.62. The number of hydrogen-bond acceptors (Lipinski definition) is 3. The van der Waals surface area contributed by atoms with Crippen LogP contribution in [0.25, 0.3) is 0 Å². The van der Waals surface area contributed by atoms with Crippen molar-refractivity contribution in [1.29, 1.82) is 0 Å². The van der Waals surface area contributed by atoms with E-state index in [4.69, 9.17) is 18.0 Å². The highest BCUT2D eigenvalue weighted by atomic mass is 32.2. The van der Waals surface area contributed by atoms with E-state index in [0.29, 0.717) is 16.5 Å². The van der Waals surface area contributed by atoms with Gasteiger partial charge in [0.1, 0.15) is 10.8 Å². The van der Waals surface area contributed by atoms with Crippen LogP contribution in [0.5, 0.6) is 0 Å². The summed E-state index contributed by atoms with van der Waals surface area (Å²) < 4.78 is 13.5. The molecule has 1 aromatic rings. The standard InChI is InChI=1S/C11H15FN2S2/c1-7(16-2)6-14-9-5-3-4-8(12)10(9)11(13)15/h3-5,7,14H,6H2,1-2H3,(H2,13,15). The number of hydrogen-bond donors (Lipinski definition) is 2. The Morgan fingerprint density at radius 3 is 2.88 bits per heavy atom. The highest BCUT2D eigenvalue weighted by Gasteiger charge is 2.11. The molecular formula is C11H15FN2S2. The van der Waals surface area contributed by atoms with Crippen molar-refractivity contribution in [3.8, 4) is 0 Å². The molecule has 0 bridgehead atoms. The van der Waals surface area contributed by atoms with Crippen LogP contribution in [0, 0.1) is 5.82 Å². The lowest BCUT2D eigenvalue weighted by atomic mass is 10.1. The Kier molecular flexibility index (Phi) is 5.02. The maximum Gasteiger partial charge on any atom is 0.135 e. The number of halogens is 1. The van der Waals surface area contributed by atoms with E-state index in [-0.39, 0.29) is 10.8 Å². The number of thioether (sulfide) groups is 1. The van der Waals surface area contributed by atoms with Gasteiger partial charge in [0.25, 0.3) is 0 Å². The molecule has 0 aromatic heterocycles. The molecule has 1 atom stereocenters. The molecule has 0 heterocycles. The van der Waals surface area contributed by atoms with Gasteiger partial charge in [-0.1, -0.05) is 25.2 Å². The molecule has 1 rings (SSSR count). The van der Waals surface area contributed by atoms with Crippen LogP contribution in [0.4, 0.5) is 10.1 Å². The van der Waals surface area contributed by atoms with Gasteiger partial charge in [-0.05, 0) is 18.4 Å². The van der Waals surface area contributed by atoms with Gasteiger partial charge in [0.05, 0.1) is 5.56 Å². The van der Waals surface area contributed by atoms with Gasteiger partial charge in [-0.25, -0.2) is 4.39 Å². The summed E-state index contributed by atoms with van der Waals surface area (Å²) in [5.41, 5.74) is 6.46. The second-order valence-electron chi connectivity index (χ2n) is 3.45. The smallest absolute Gasteiger partial charge is 0.135 e. The quantitative estimate of drug-likeness (QED) is 0.796. The Morgan fingerprint density at radius 1 is 1.62 bits per heavy atom. The number of thiocarbonyl (C=S) groups is 1. The Balaban J connectivity index is 2.87. The predicted molar refractivity (Wildman–Crippen MR) is 73.8 cm³/mol. The van der Waals surface area contributed by atoms with Crippen molar-refractivity contribution >= 4 is 34.7 Å². The Labute approximate surface area is 105 Å². The van der Waals surface area contributed by atoms with E-state index in [9.17, 15) is 4.39 Å². The van der Waals surface area contributed by atoms with Gasteiger partial charge in [-0.3, -0.25) is 0 Å². The number of benzene rings is 1. The summed E-state index contributed by atoms with van der Waals surface area (Å²) in [5, 5.41) is 3.60. The Morgan fingerprint density at radius 2 is 2.31 bits per heavy atom. The maximum absolute atomic E-state index is 13.5. The first kappa shape index (κ1) is 13.3.